The van der Waals surface area contributed by atoms with Gasteiger partial charge in [-0.05, 0) is 11.6 Å². The number of cyclic esters (lactones) is 1. The number of aromatic hydroxyl groups is 2. The molecule has 1 atom stereocenters. The number of phenols is 2. The first-order chi connectivity index (χ1) is 12.6. The summed E-state index contributed by atoms with van der Waals surface area (Å²) in [5.74, 6) is -1.17. The van der Waals surface area contributed by atoms with Gasteiger partial charge in [-0.3, -0.25) is 0 Å². The fourth-order valence-electron chi connectivity index (χ4n) is 3.22. The summed E-state index contributed by atoms with van der Waals surface area (Å²) in [6, 6.07) is 8.20. The van der Waals surface area contributed by atoms with Gasteiger partial charge in [0.05, 0.1) is 0 Å². The van der Waals surface area contributed by atoms with E-state index in [0.29, 0.717) is 27.3 Å². The highest BCUT2D eigenvalue weighted by Crippen LogP contribution is 2.45. The lowest BCUT2D eigenvalue weighted by molar-refractivity contribution is 0.0249. The summed E-state index contributed by atoms with van der Waals surface area (Å²) in [7, 11) is 0. The molecule has 2 heterocycles. The number of hydrogen-bond donors (Lipinski definition) is 2. The Bertz CT molecular complexity index is 1010. The highest BCUT2D eigenvalue weighted by molar-refractivity contribution is 6.31. The minimum absolute atomic E-state index is 0.0324. The van der Waals surface area contributed by atoms with Crippen LogP contribution in [0.4, 0.5) is 0 Å². The molecular formula is C19H13ClN2O4. The number of carbonyl (C=O) groups is 1. The van der Waals surface area contributed by atoms with Crippen LogP contribution in [-0.2, 0) is 11.2 Å². The number of nitrogens with zero attached hydrogens (tertiary/aromatic N) is 2. The van der Waals surface area contributed by atoms with Crippen molar-refractivity contribution < 1.29 is 19.7 Å². The van der Waals surface area contributed by atoms with Crippen LogP contribution < -0.4 is 0 Å². The predicted molar refractivity (Wildman–Crippen MR) is 94.1 cm³/mol. The number of aromatic nitrogens is 2. The minimum atomic E-state index is -0.674. The molecule has 26 heavy (non-hydrogen) atoms. The molecule has 0 aliphatic carbocycles. The zero-order valence-corrected chi connectivity index (χ0v) is 14.1. The summed E-state index contributed by atoms with van der Waals surface area (Å²) in [5, 5.41) is 21.1. The van der Waals surface area contributed by atoms with Gasteiger partial charge in [-0.1, -0.05) is 29.8 Å². The van der Waals surface area contributed by atoms with Crippen LogP contribution in [0.1, 0.15) is 27.6 Å². The van der Waals surface area contributed by atoms with E-state index in [2.05, 4.69) is 9.97 Å². The van der Waals surface area contributed by atoms with Crippen LogP contribution in [0.5, 0.6) is 11.5 Å². The van der Waals surface area contributed by atoms with Gasteiger partial charge in [0, 0.05) is 46.6 Å². The van der Waals surface area contributed by atoms with Gasteiger partial charge in [-0.15, -0.1) is 0 Å². The molecule has 3 aromatic rings. The van der Waals surface area contributed by atoms with E-state index in [9.17, 15) is 15.0 Å². The van der Waals surface area contributed by atoms with Gasteiger partial charge in [0.2, 0.25) is 0 Å². The smallest absolute Gasteiger partial charge is 0.342 e. The largest absolute Gasteiger partial charge is 0.507 e. The predicted octanol–water partition coefficient (Wildman–Crippen LogP) is 3.66. The quantitative estimate of drug-likeness (QED) is 0.670. The second kappa shape index (κ2) is 6.31. The van der Waals surface area contributed by atoms with Crippen molar-refractivity contribution in [3.63, 3.8) is 0 Å². The number of esters is 1. The Balaban J connectivity index is 1.91. The first kappa shape index (κ1) is 16.4. The van der Waals surface area contributed by atoms with Gasteiger partial charge in [-0.2, -0.15) is 0 Å². The van der Waals surface area contributed by atoms with E-state index >= 15 is 0 Å². The second-order valence-electron chi connectivity index (χ2n) is 5.89. The second-order valence-corrected chi connectivity index (χ2v) is 6.30. The number of halogens is 1. The van der Waals surface area contributed by atoms with Crippen molar-refractivity contribution in [1.82, 2.24) is 9.97 Å². The van der Waals surface area contributed by atoms with E-state index in [1.165, 1.54) is 18.7 Å². The molecule has 1 aliphatic rings. The molecule has 7 heteroatoms. The molecule has 0 spiro atoms. The number of rotatable bonds is 2. The summed E-state index contributed by atoms with van der Waals surface area (Å²) in [4.78, 5) is 20.5. The van der Waals surface area contributed by atoms with E-state index in [1.54, 1.807) is 24.3 Å². The van der Waals surface area contributed by atoms with Gasteiger partial charge in [-0.25, -0.2) is 14.8 Å². The molecule has 0 amide bonds. The van der Waals surface area contributed by atoms with Gasteiger partial charge >= 0.3 is 5.97 Å². The average molecular weight is 369 g/mol. The first-order valence-electron chi connectivity index (χ1n) is 7.85. The van der Waals surface area contributed by atoms with Crippen molar-refractivity contribution in [3.8, 4) is 22.6 Å². The molecule has 130 valence electrons. The van der Waals surface area contributed by atoms with E-state index in [-0.39, 0.29) is 23.5 Å². The number of carbonyl (C=O) groups excluding carboxylic acids is 1. The highest BCUT2D eigenvalue weighted by atomic mass is 35.5. The molecule has 1 aromatic heterocycles. The lowest BCUT2D eigenvalue weighted by Crippen LogP contribution is -2.23. The lowest BCUT2D eigenvalue weighted by Gasteiger charge is -2.28. The van der Waals surface area contributed by atoms with Crippen LogP contribution in [-0.4, -0.2) is 26.2 Å². The molecule has 1 unspecified atom stereocenters. The Morgan fingerprint density at radius 3 is 2.50 bits per heavy atom. The number of ether oxygens (including phenoxy) is 1. The Labute approximate surface area is 153 Å². The number of benzene rings is 2. The van der Waals surface area contributed by atoms with Crippen LogP contribution in [0.15, 0.2) is 49.1 Å². The van der Waals surface area contributed by atoms with Crippen molar-refractivity contribution >= 4 is 17.6 Å². The van der Waals surface area contributed by atoms with Crippen LogP contribution in [0.3, 0.4) is 0 Å². The molecule has 0 bridgehead atoms. The van der Waals surface area contributed by atoms with E-state index in [4.69, 9.17) is 16.3 Å². The summed E-state index contributed by atoms with van der Waals surface area (Å²) < 4.78 is 5.49. The van der Waals surface area contributed by atoms with Crippen molar-refractivity contribution in [2.45, 2.75) is 12.5 Å². The maximum atomic E-state index is 12.6. The highest BCUT2D eigenvalue weighted by Gasteiger charge is 2.34. The van der Waals surface area contributed by atoms with Crippen molar-refractivity contribution in [2.24, 2.45) is 0 Å². The van der Waals surface area contributed by atoms with Gasteiger partial charge < -0.3 is 14.9 Å². The number of phenolic OH excluding ortho intramolecular Hbond substituents is 2. The fraction of sp³-hybridized carbons (Fsp3) is 0.105. The van der Waals surface area contributed by atoms with Crippen molar-refractivity contribution in [2.75, 3.05) is 0 Å². The summed E-state index contributed by atoms with van der Waals surface area (Å²) in [5.41, 5.74) is 2.09. The van der Waals surface area contributed by atoms with Crippen molar-refractivity contribution in [3.05, 3.63) is 70.8 Å². The maximum absolute atomic E-state index is 12.6. The molecule has 0 saturated heterocycles. The molecule has 0 fully saturated rings. The van der Waals surface area contributed by atoms with Crippen LogP contribution >= 0.6 is 11.6 Å². The third-order valence-electron chi connectivity index (χ3n) is 4.33. The third-order valence-corrected chi connectivity index (χ3v) is 4.68. The fourth-order valence-corrected chi connectivity index (χ4v) is 3.47. The summed E-state index contributed by atoms with van der Waals surface area (Å²) in [6.07, 6.45) is 4.05. The molecule has 6 nitrogen and oxygen atoms in total. The molecular weight excluding hydrogens is 356 g/mol. The molecule has 0 radical (unpaired) electrons. The SMILES string of the molecule is O=C1OC(c2ccccc2Cl)Cc2c1c(O)cc(O)c2-c1cncnc1. The first-order valence-corrected chi connectivity index (χ1v) is 8.22. The van der Waals surface area contributed by atoms with E-state index in [0.717, 1.165) is 6.07 Å². The molecule has 0 saturated carbocycles. The Morgan fingerprint density at radius 1 is 1.08 bits per heavy atom. The number of hydrogen-bond acceptors (Lipinski definition) is 6. The zero-order valence-electron chi connectivity index (χ0n) is 13.4. The minimum Gasteiger partial charge on any atom is -0.507 e. The third kappa shape index (κ3) is 2.64. The monoisotopic (exact) mass is 368 g/mol. The van der Waals surface area contributed by atoms with Gasteiger partial charge in [0.25, 0.3) is 0 Å². The lowest BCUT2D eigenvalue weighted by atomic mass is 9.87. The standard InChI is InChI=1S/C19H13ClN2O4/c20-13-4-2-1-3-11(13)16-5-12-17(10-7-21-9-22-8-10)14(23)6-15(24)18(12)19(25)26-16/h1-4,6-9,16,23-24H,5H2. The topological polar surface area (TPSA) is 92.5 Å². The normalized spacial score (nSPS) is 16.0. The zero-order chi connectivity index (χ0) is 18.3. The Hall–Kier alpha value is -3.12. The summed E-state index contributed by atoms with van der Waals surface area (Å²) >= 11 is 6.24. The Kier molecular flexibility index (Phi) is 3.97. The molecule has 2 aromatic carbocycles. The maximum Gasteiger partial charge on any atom is 0.342 e. The van der Waals surface area contributed by atoms with Crippen LogP contribution in [0.2, 0.25) is 5.02 Å². The molecule has 4 rings (SSSR count). The van der Waals surface area contributed by atoms with E-state index < -0.39 is 12.1 Å². The average Bonchev–Trinajstić information content (AvgIpc) is 2.62. The van der Waals surface area contributed by atoms with Gasteiger partial charge in [0.15, 0.2) is 0 Å². The Morgan fingerprint density at radius 2 is 1.77 bits per heavy atom. The molecule has 2 N–H and O–H groups in total. The van der Waals surface area contributed by atoms with Gasteiger partial charge in [0.1, 0.15) is 29.5 Å². The summed E-state index contributed by atoms with van der Waals surface area (Å²) in [6.45, 7) is 0. The molecule has 1 aliphatic heterocycles. The van der Waals surface area contributed by atoms with E-state index in [1.807, 2.05) is 0 Å². The van der Waals surface area contributed by atoms with Crippen molar-refractivity contribution in [1.29, 1.82) is 0 Å². The van der Waals surface area contributed by atoms with Crippen LogP contribution in [0.25, 0.3) is 11.1 Å². The van der Waals surface area contributed by atoms with Crippen LogP contribution in [0, 0.1) is 0 Å². The number of fused-ring (bicyclic) bond motifs is 1.